The minimum Gasteiger partial charge on any atom is -0.183 e. The smallest absolute Gasteiger partial charge is 0.183 e. The van der Waals surface area contributed by atoms with Gasteiger partial charge in [0.15, 0.2) is 0 Å². The molecule has 0 heterocycles. The zero-order valence-electron chi connectivity index (χ0n) is 5.12. The van der Waals surface area contributed by atoms with Gasteiger partial charge in [0.25, 0.3) is 0 Å². The van der Waals surface area contributed by atoms with Crippen molar-refractivity contribution in [1.82, 2.24) is 0 Å². The van der Waals surface area contributed by atoms with Gasteiger partial charge in [0.05, 0.1) is 14.2 Å². The monoisotopic (exact) mass is 157 g/mol. The van der Waals surface area contributed by atoms with Crippen molar-refractivity contribution < 1.29 is 13.9 Å². The molecule has 0 rings (SSSR count). The summed E-state index contributed by atoms with van der Waals surface area (Å²) in [7, 11) is 0.353. The van der Waals surface area contributed by atoms with Gasteiger partial charge < -0.3 is 0 Å². The van der Waals surface area contributed by atoms with Crippen LogP contribution >= 0.6 is 18.5 Å². The summed E-state index contributed by atoms with van der Waals surface area (Å²) < 4.78 is 9.29. The van der Waals surface area contributed by atoms with Crippen LogP contribution in [-0.2, 0) is 9.05 Å². The zero-order valence-corrected chi connectivity index (χ0v) is 6.83. The van der Waals surface area contributed by atoms with E-state index in [1.807, 2.05) is 0 Å². The highest BCUT2D eigenvalue weighted by molar-refractivity contribution is 8.57. The molecule has 8 heavy (non-hydrogen) atoms. The fourth-order valence-corrected chi connectivity index (χ4v) is 1.57. The lowest BCUT2D eigenvalue weighted by Gasteiger charge is -2.06. The van der Waals surface area contributed by atoms with Crippen LogP contribution < -0.4 is 0 Å². The minimum atomic E-state index is -2.50. The van der Waals surface area contributed by atoms with E-state index >= 15 is 0 Å². The lowest BCUT2D eigenvalue weighted by molar-refractivity contribution is 0.262. The summed E-state index contributed by atoms with van der Waals surface area (Å²) in [5, 5.41) is 0. The van der Waals surface area contributed by atoms with Gasteiger partial charge in [-0.3, -0.25) is 0 Å². The van der Waals surface area contributed by atoms with Crippen LogP contribution in [0.2, 0.25) is 0 Å². The van der Waals surface area contributed by atoms with E-state index in [9.17, 15) is 0 Å². The molecule has 0 amide bonds. The molecule has 0 aliphatic carbocycles. The van der Waals surface area contributed by atoms with Gasteiger partial charge in [-0.05, 0) is 0 Å². The second-order valence-electron chi connectivity index (χ2n) is 1.02. The van der Waals surface area contributed by atoms with E-state index in [1.165, 1.54) is 25.6 Å². The quantitative estimate of drug-likeness (QED) is 0.627. The molecule has 0 bridgehead atoms. The highest BCUT2D eigenvalue weighted by atomic mass is 32.7. The molecule has 0 aromatic heterocycles. The predicted octanol–water partition coefficient (Wildman–Crippen LogP) is 1.31. The maximum atomic E-state index is 9.07. The molecule has 5 heteroatoms. The number of rotatable bonds is 3. The first-order valence-corrected chi connectivity index (χ1v) is 5.38. The summed E-state index contributed by atoms with van der Waals surface area (Å²) in [6, 6.07) is 0. The topological polar surface area (TPSA) is 38.7 Å². The van der Waals surface area contributed by atoms with E-state index in [4.69, 9.17) is 4.89 Å². The molecule has 0 aromatic rings. The minimum absolute atomic E-state index is 1.19. The molecule has 0 aromatic carbocycles. The number of hydrogen-bond acceptors (Lipinski definition) is 4. The molecule has 0 unspecified atom stereocenters. The molecule has 50 valence electrons. The second-order valence-corrected chi connectivity index (χ2v) is 5.53. The molecule has 0 aliphatic heterocycles. The largest absolute Gasteiger partial charge is 0.477 e. The van der Waals surface area contributed by atoms with Crippen molar-refractivity contribution in [3.8, 4) is 0 Å². The van der Waals surface area contributed by atoms with Crippen molar-refractivity contribution in [2.75, 3.05) is 20.5 Å². The van der Waals surface area contributed by atoms with Crippen LogP contribution in [0.1, 0.15) is 0 Å². The fraction of sp³-hybridized carbons (Fsp3) is 1.00. The van der Waals surface area contributed by atoms with Gasteiger partial charge in [-0.15, -0.1) is 0 Å². The molecule has 0 atom stereocenters. The Hall–Kier alpha value is 0.660. The van der Waals surface area contributed by atoms with Crippen LogP contribution in [0.5, 0.6) is 0 Å². The van der Waals surface area contributed by atoms with E-state index in [0.29, 0.717) is 0 Å². The summed E-state index contributed by atoms with van der Waals surface area (Å²) in [5.74, 6) is 0. The van der Waals surface area contributed by atoms with Crippen molar-refractivity contribution in [3.63, 3.8) is 0 Å². The fourth-order valence-electron chi connectivity index (χ4n) is 0.224. The Morgan fingerprint density at radius 3 is 1.75 bits per heavy atom. The van der Waals surface area contributed by atoms with Crippen LogP contribution in [0.25, 0.3) is 0 Å². The van der Waals surface area contributed by atoms with Crippen molar-refractivity contribution >= 4 is 18.5 Å². The summed E-state index contributed by atoms with van der Waals surface area (Å²) in [5.41, 5.74) is 0. The molecule has 3 nitrogen and oxygen atoms in total. The van der Waals surface area contributed by atoms with Crippen LogP contribution in [-0.4, -0.2) is 25.4 Å². The summed E-state index contributed by atoms with van der Waals surface area (Å²) in [4.78, 5) is 9.07. The molecular weight excluding hydrogens is 147 g/mol. The molecule has 0 radical (unpaired) electrons. The maximum absolute atomic E-state index is 9.07. The average Bonchev–Trinajstić information content (AvgIpc) is 1.87. The molecular formula is C3H10O3PS+. The standard InChI is InChI=1S/C3H10O3PS/c1-5-7(4,6-2)8-3/h4H,1-3H3/q+1. The van der Waals surface area contributed by atoms with Crippen LogP contribution in [0, 0.1) is 0 Å². The zero-order chi connectivity index (χ0) is 6.62. The van der Waals surface area contributed by atoms with Crippen molar-refractivity contribution in [2.24, 2.45) is 0 Å². The molecule has 1 N–H and O–H groups in total. The SMILES string of the molecule is CO[P+](O)(OC)SC. The Labute approximate surface area is 53.7 Å². The average molecular weight is 157 g/mol. The Kier molecular flexibility index (Phi) is 3.94. The van der Waals surface area contributed by atoms with Gasteiger partial charge in [-0.25, -0.2) is 0 Å². The highest BCUT2D eigenvalue weighted by Gasteiger charge is 2.37. The lowest BCUT2D eigenvalue weighted by Crippen LogP contribution is -1.89. The van der Waals surface area contributed by atoms with E-state index in [0.717, 1.165) is 0 Å². The van der Waals surface area contributed by atoms with Crippen molar-refractivity contribution in [2.45, 2.75) is 0 Å². The molecule has 0 saturated heterocycles. The normalized spacial score (nSPS) is 12.0. The molecule has 0 spiro atoms. The van der Waals surface area contributed by atoms with Gasteiger partial charge >= 0.3 is 7.15 Å². The van der Waals surface area contributed by atoms with Crippen LogP contribution in [0.3, 0.4) is 0 Å². The predicted molar refractivity (Wildman–Crippen MR) is 36.7 cm³/mol. The molecule has 0 saturated carbocycles. The van der Waals surface area contributed by atoms with Gasteiger partial charge in [-0.1, -0.05) is 0 Å². The Morgan fingerprint density at radius 1 is 1.38 bits per heavy atom. The summed E-state index contributed by atoms with van der Waals surface area (Å²) in [6.07, 6.45) is 1.74. The van der Waals surface area contributed by atoms with Gasteiger partial charge in [0.1, 0.15) is 11.4 Å². The lowest BCUT2D eigenvalue weighted by atomic mass is 11.8. The third-order valence-electron chi connectivity index (χ3n) is 0.692. The molecule has 0 fully saturated rings. The van der Waals surface area contributed by atoms with Crippen molar-refractivity contribution in [3.05, 3.63) is 0 Å². The van der Waals surface area contributed by atoms with E-state index in [-0.39, 0.29) is 0 Å². The van der Waals surface area contributed by atoms with E-state index in [2.05, 4.69) is 9.05 Å². The maximum Gasteiger partial charge on any atom is 0.477 e. The van der Waals surface area contributed by atoms with Crippen molar-refractivity contribution in [1.29, 1.82) is 0 Å². The van der Waals surface area contributed by atoms with Gasteiger partial charge in [-0.2, -0.15) is 13.9 Å². The Balaban J connectivity index is 3.58. The van der Waals surface area contributed by atoms with Gasteiger partial charge in [0.2, 0.25) is 0 Å². The van der Waals surface area contributed by atoms with E-state index in [1.54, 1.807) is 6.26 Å². The first kappa shape index (κ1) is 8.66. The third kappa shape index (κ3) is 2.29. The first-order valence-electron chi connectivity index (χ1n) is 1.97. The summed E-state index contributed by atoms with van der Waals surface area (Å²) >= 11 is 1.19. The van der Waals surface area contributed by atoms with E-state index < -0.39 is 7.15 Å². The van der Waals surface area contributed by atoms with Crippen LogP contribution in [0.4, 0.5) is 0 Å². The number of hydrogen-bond donors (Lipinski definition) is 1. The summed E-state index contributed by atoms with van der Waals surface area (Å²) in [6.45, 7) is 0. The first-order chi connectivity index (χ1) is 3.68. The molecule has 0 aliphatic rings. The highest BCUT2D eigenvalue weighted by Crippen LogP contribution is 2.65. The second kappa shape index (κ2) is 3.64. The Morgan fingerprint density at radius 2 is 1.75 bits per heavy atom. The van der Waals surface area contributed by atoms with Gasteiger partial charge in [0, 0.05) is 6.26 Å². The Bertz CT molecular complexity index is 57.3. The van der Waals surface area contributed by atoms with Crippen LogP contribution in [0.15, 0.2) is 0 Å². The third-order valence-corrected chi connectivity index (χ3v) is 4.36.